The van der Waals surface area contributed by atoms with Crippen LogP contribution in [0.4, 0.5) is 0 Å². The topological polar surface area (TPSA) is 59.4 Å². The Morgan fingerprint density at radius 3 is 2.77 bits per heavy atom. The fourth-order valence-electron chi connectivity index (χ4n) is 2.40. The van der Waals surface area contributed by atoms with Crippen molar-refractivity contribution in [1.29, 1.82) is 0 Å². The molecule has 0 aliphatic carbocycles. The van der Waals surface area contributed by atoms with Crippen molar-refractivity contribution in [1.82, 2.24) is 14.7 Å². The average molecular weight is 315 g/mol. The van der Waals surface area contributed by atoms with Gasteiger partial charge < -0.3 is 10.6 Å². The average Bonchev–Trinajstić information content (AvgIpc) is 3.05. The molecule has 0 atom stereocenters. The molecule has 0 saturated carbocycles. The van der Waals surface area contributed by atoms with Crippen LogP contribution < -0.4 is 5.73 Å². The van der Waals surface area contributed by atoms with Gasteiger partial charge in [-0.25, -0.2) is 4.68 Å². The molecule has 116 valence electrons. The summed E-state index contributed by atoms with van der Waals surface area (Å²) >= 11 is 1.97. The molecule has 1 aliphatic heterocycles. The number of benzene rings is 1. The number of hydrogen-bond acceptors (Lipinski definition) is 3. The predicted molar refractivity (Wildman–Crippen MR) is 92.7 cm³/mol. The van der Waals surface area contributed by atoms with E-state index in [1.807, 2.05) is 53.0 Å². The molecule has 0 bridgehead atoms. The first-order chi connectivity index (χ1) is 10.8. The van der Waals surface area contributed by atoms with E-state index in [2.05, 4.69) is 21.2 Å². The van der Waals surface area contributed by atoms with Crippen LogP contribution in [0.1, 0.15) is 5.56 Å². The first-order valence-electron chi connectivity index (χ1n) is 7.54. The second kappa shape index (κ2) is 7.35. The second-order valence-corrected chi connectivity index (χ2v) is 6.44. The summed E-state index contributed by atoms with van der Waals surface area (Å²) in [5.74, 6) is 2.95. The van der Waals surface area contributed by atoms with Gasteiger partial charge in [-0.1, -0.05) is 18.2 Å². The molecule has 1 aliphatic rings. The van der Waals surface area contributed by atoms with E-state index in [1.165, 1.54) is 5.56 Å². The van der Waals surface area contributed by atoms with E-state index in [-0.39, 0.29) is 0 Å². The van der Waals surface area contributed by atoms with Crippen LogP contribution in [0.25, 0.3) is 5.69 Å². The molecule has 0 amide bonds. The number of aromatic nitrogens is 2. The maximum absolute atomic E-state index is 6.05. The van der Waals surface area contributed by atoms with Crippen molar-refractivity contribution in [3.05, 3.63) is 48.3 Å². The van der Waals surface area contributed by atoms with Crippen molar-refractivity contribution in [2.45, 2.75) is 6.42 Å². The summed E-state index contributed by atoms with van der Waals surface area (Å²) in [7, 11) is 0. The molecular weight excluding hydrogens is 294 g/mol. The minimum absolute atomic E-state index is 0.677. The van der Waals surface area contributed by atoms with Crippen molar-refractivity contribution in [2.24, 2.45) is 10.7 Å². The predicted octanol–water partition coefficient (Wildman–Crippen LogP) is 1.78. The van der Waals surface area contributed by atoms with Crippen LogP contribution in [0.15, 0.2) is 47.7 Å². The Morgan fingerprint density at radius 2 is 2.00 bits per heavy atom. The summed E-state index contributed by atoms with van der Waals surface area (Å²) in [5.41, 5.74) is 8.30. The Balaban J connectivity index is 1.55. The summed E-state index contributed by atoms with van der Waals surface area (Å²) in [6, 6.07) is 10.1. The Kier molecular flexibility index (Phi) is 5.00. The highest BCUT2D eigenvalue weighted by atomic mass is 32.2. The lowest BCUT2D eigenvalue weighted by molar-refractivity contribution is 0.456. The number of guanidine groups is 1. The monoisotopic (exact) mass is 315 g/mol. The Labute approximate surface area is 135 Å². The van der Waals surface area contributed by atoms with Gasteiger partial charge in [0.25, 0.3) is 0 Å². The molecule has 0 spiro atoms. The van der Waals surface area contributed by atoms with Gasteiger partial charge >= 0.3 is 0 Å². The lowest BCUT2D eigenvalue weighted by Crippen LogP contribution is -2.42. The Bertz CT molecular complexity index is 616. The lowest BCUT2D eigenvalue weighted by Gasteiger charge is -2.27. The van der Waals surface area contributed by atoms with Gasteiger partial charge in [-0.05, 0) is 24.1 Å². The van der Waals surface area contributed by atoms with Crippen molar-refractivity contribution in [2.75, 3.05) is 31.1 Å². The maximum atomic E-state index is 6.05. The molecule has 1 fully saturated rings. The van der Waals surface area contributed by atoms with Crippen LogP contribution in [0.5, 0.6) is 0 Å². The molecule has 2 heterocycles. The molecule has 2 N–H and O–H groups in total. The third-order valence-corrected chi connectivity index (χ3v) is 4.61. The van der Waals surface area contributed by atoms with E-state index in [1.54, 1.807) is 0 Å². The van der Waals surface area contributed by atoms with Crippen molar-refractivity contribution in [3.8, 4) is 5.69 Å². The minimum Gasteiger partial charge on any atom is -0.370 e. The van der Waals surface area contributed by atoms with E-state index in [4.69, 9.17) is 5.73 Å². The maximum Gasteiger partial charge on any atom is 0.191 e. The van der Waals surface area contributed by atoms with Crippen molar-refractivity contribution < 1.29 is 0 Å². The quantitative estimate of drug-likeness (QED) is 0.690. The minimum atomic E-state index is 0.677. The van der Waals surface area contributed by atoms with Crippen LogP contribution in [-0.4, -0.2) is 51.8 Å². The summed E-state index contributed by atoms with van der Waals surface area (Å²) in [5, 5.41) is 4.40. The third kappa shape index (κ3) is 3.82. The Morgan fingerprint density at radius 1 is 1.23 bits per heavy atom. The molecule has 0 radical (unpaired) electrons. The van der Waals surface area contributed by atoms with E-state index < -0.39 is 0 Å². The van der Waals surface area contributed by atoms with Crippen LogP contribution in [0, 0.1) is 0 Å². The lowest BCUT2D eigenvalue weighted by atomic mass is 10.2. The smallest absolute Gasteiger partial charge is 0.191 e. The fraction of sp³-hybridized carbons (Fsp3) is 0.375. The number of aliphatic imine (C=N–C) groups is 1. The fourth-order valence-corrected chi connectivity index (χ4v) is 3.31. The van der Waals surface area contributed by atoms with E-state index in [0.717, 1.165) is 36.7 Å². The van der Waals surface area contributed by atoms with Gasteiger partial charge in [-0.3, -0.25) is 4.99 Å². The molecule has 3 rings (SSSR count). The number of rotatable bonds is 4. The van der Waals surface area contributed by atoms with Gasteiger partial charge in [0, 0.05) is 37.3 Å². The van der Waals surface area contributed by atoms with Crippen LogP contribution in [0.3, 0.4) is 0 Å². The van der Waals surface area contributed by atoms with Gasteiger partial charge in [0.15, 0.2) is 5.96 Å². The number of hydrogen-bond donors (Lipinski definition) is 1. The second-order valence-electron chi connectivity index (χ2n) is 5.22. The van der Waals surface area contributed by atoms with Gasteiger partial charge in [0.1, 0.15) is 0 Å². The zero-order valence-electron chi connectivity index (χ0n) is 12.6. The SMILES string of the molecule is NC(=NCCc1cnn(-c2ccccc2)c1)N1CCSCC1. The molecule has 1 saturated heterocycles. The normalized spacial score (nSPS) is 16.0. The molecule has 1 aromatic heterocycles. The zero-order chi connectivity index (χ0) is 15.2. The molecule has 2 aromatic rings. The standard InChI is InChI=1S/C16H21N5S/c17-16(20-8-10-22-11-9-20)18-7-6-14-12-19-21(13-14)15-4-2-1-3-5-15/h1-5,12-13H,6-11H2,(H2,17,18). The third-order valence-electron chi connectivity index (χ3n) is 3.67. The number of nitrogens with two attached hydrogens (primary N) is 1. The number of para-hydroxylation sites is 1. The highest BCUT2D eigenvalue weighted by Crippen LogP contribution is 2.10. The van der Waals surface area contributed by atoms with Gasteiger partial charge in [-0.15, -0.1) is 0 Å². The molecule has 22 heavy (non-hydrogen) atoms. The van der Waals surface area contributed by atoms with Crippen molar-refractivity contribution in [3.63, 3.8) is 0 Å². The number of thioether (sulfide) groups is 1. The molecule has 5 nitrogen and oxygen atoms in total. The summed E-state index contributed by atoms with van der Waals surface area (Å²) in [4.78, 5) is 6.67. The number of nitrogens with zero attached hydrogens (tertiary/aromatic N) is 4. The zero-order valence-corrected chi connectivity index (χ0v) is 13.4. The van der Waals surface area contributed by atoms with Gasteiger partial charge in [-0.2, -0.15) is 16.9 Å². The molecule has 6 heteroatoms. The summed E-state index contributed by atoms with van der Waals surface area (Å²) in [6.07, 6.45) is 4.81. The van der Waals surface area contributed by atoms with Crippen LogP contribution >= 0.6 is 11.8 Å². The van der Waals surface area contributed by atoms with E-state index >= 15 is 0 Å². The van der Waals surface area contributed by atoms with E-state index in [9.17, 15) is 0 Å². The largest absolute Gasteiger partial charge is 0.370 e. The van der Waals surface area contributed by atoms with Crippen LogP contribution in [-0.2, 0) is 6.42 Å². The summed E-state index contributed by atoms with van der Waals surface area (Å²) < 4.78 is 1.89. The highest BCUT2D eigenvalue weighted by molar-refractivity contribution is 7.99. The van der Waals surface area contributed by atoms with Crippen LogP contribution in [0.2, 0.25) is 0 Å². The van der Waals surface area contributed by atoms with Crippen molar-refractivity contribution >= 4 is 17.7 Å². The first kappa shape index (κ1) is 15.0. The summed E-state index contributed by atoms with van der Waals surface area (Å²) in [6.45, 7) is 2.72. The van der Waals surface area contributed by atoms with E-state index in [0.29, 0.717) is 12.5 Å². The molecule has 1 aromatic carbocycles. The highest BCUT2D eigenvalue weighted by Gasteiger charge is 2.11. The van der Waals surface area contributed by atoms with Gasteiger partial charge in [0.2, 0.25) is 0 Å². The first-order valence-corrected chi connectivity index (χ1v) is 8.70. The molecule has 0 unspecified atom stereocenters. The Hall–Kier alpha value is -1.95. The van der Waals surface area contributed by atoms with Gasteiger partial charge in [0.05, 0.1) is 11.9 Å². The molecular formula is C16H21N5S.